The van der Waals surface area contributed by atoms with E-state index in [1.54, 1.807) is 13.8 Å². The van der Waals surface area contributed by atoms with Crippen LogP contribution < -0.4 is 10.4 Å². The number of ketones is 2. The zero-order chi connectivity index (χ0) is 22.6. The topological polar surface area (TPSA) is 172 Å². The van der Waals surface area contributed by atoms with Crippen LogP contribution in [-0.2, 0) is 19.1 Å². The van der Waals surface area contributed by atoms with Gasteiger partial charge in [0.05, 0.1) is 22.2 Å². The number of fused-ring (bicyclic) bond motifs is 1. The molecule has 0 saturated carbocycles. The van der Waals surface area contributed by atoms with Crippen LogP contribution in [0.3, 0.4) is 0 Å². The third-order valence-electron chi connectivity index (χ3n) is 3.67. The maximum atomic E-state index is 12.6. The molecule has 0 amide bonds. The Hall–Kier alpha value is -3.80. The molecular weight excluding hydrogens is 418 g/mol. The number of nitro groups is 1. The number of anilines is 1. The van der Waals surface area contributed by atoms with Crippen LogP contribution in [0.5, 0.6) is 0 Å². The minimum absolute atomic E-state index is 0.0183. The minimum Gasteiger partial charge on any atom is -0.871 e. The highest BCUT2D eigenvalue weighted by Crippen LogP contribution is 2.30. The number of aliphatic hydroxyl groups is 1. The highest BCUT2D eigenvalue weighted by atomic mass is 32.1. The van der Waals surface area contributed by atoms with E-state index in [1.807, 2.05) is 0 Å². The molecule has 1 aromatic heterocycles. The van der Waals surface area contributed by atoms with Gasteiger partial charge in [-0.3, -0.25) is 19.7 Å². The molecule has 1 atom stereocenters. The van der Waals surface area contributed by atoms with E-state index in [0.29, 0.717) is 15.8 Å². The zero-order valence-electron chi connectivity index (χ0n) is 16.0. The largest absolute Gasteiger partial charge is 0.871 e. The summed E-state index contributed by atoms with van der Waals surface area (Å²) in [6, 6.07) is 3.89. The van der Waals surface area contributed by atoms with Crippen molar-refractivity contribution in [2.75, 3.05) is 12.4 Å². The van der Waals surface area contributed by atoms with E-state index >= 15 is 0 Å². The molecule has 0 fully saturated rings. The minimum atomic E-state index is -2.13. The number of thiazole rings is 1. The van der Waals surface area contributed by atoms with Gasteiger partial charge in [-0.25, -0.2) is 9.78 Å². The standard InChI is InChI=1S/C18H17N3O8S/c1-8(2)6-11(22)13(15(24)17(26)29-3)14(23)16(25)20-18-19-10-5-4-9(21(27)28)7-12(10)30-18/h4-7,13,23,25H,1-3H3,(H,19,20)/p-1. The molecule has 1 unspecified atom stereocenters. The Morgan fingerprint density at radius 2 is 2.00 bits per heavy atom. The van der Waals surface area contributed by atoms with Gasteiger partial charge in [0.15, 0.2) is 16.8 Å². The number of allylic oxidation sites excluding steroid dienone is 3. The first kappa shape index (κ1) is 22.5. The Labute approximate surface area is 173 Å². The lowest BCUT2D eigenvalue weighted by Crippen LogP contribution is -2.37. The predicted molar refractivity (Wildman–Crippen MR) is 105 cm³/mol. The highest BCUT2D eigenvalue weighted by Gasteiger charge is 2.32. The van der Waals surface area contributed by atoms with Crippen LogP contribution in [0, 0.1) is 16.0 Å². The van der Waals surface area contributed by atoms with Gasteiger partial charge in [-0.2, -0.15) is 0 Å². The molecule has 2 N–H and O–H groups in total. The number of ether oxygens (including phenoxy) is 1. The van der Waals surface area contributed by atoms with Crippen LogP contribution in [0.1, 0.15) is 13.8 Å². The number of non-ortho nitro benzene ring substituents is 1. The Morgan fingerprint density at radius 3 is 2.57 bits per heavy atom. The lowest BCUT2D eigenvalue weighted by Gasteiger charge is -2.22. The number of nitrogens with zero attached hydrogens (tertiary/aromatic N) is 2. The molecule has 11 nitrogen and oxygen atoms in total. The van der Waals surface area contributed by atoms with E-state index in [-0.39, 0.29) is 10.8 Å². The summed E-state index contributed by atoms with van der Waals surface area (Å²) < 4.78 is 4.67. The first-order valence-corrected chi connectivity index (χ1v) is 9.09. The van der Waals surface area contributed by atoms with Crippen LogP contribution in [-0.4, -0.2) is 39.7 Å². The Balaban J connectivity index is 2.41. The molecule has 158 valence electrons. The average Bonchev–Trinajstić information content (AvgIpc) is 3.07. The van der Waals surface area contributed by atoms with Gasteiger partial charge < -0.3 is 20.3 Å². The van der Waals surface area contributed by atoms with Gasteiger partial charge in [-0.1, -0.05) is 22.7 Å². The number of nitro benzene ring substituents is 1. The molecule has 1 aromatic carbocycles. The van der Waals surface area contributed by atoms with Gasteiger partial charge in [0.2, 0.25) is 0 Å². The van der Waals surface area contributed by atoms with Crippen molar-refractivity contribution in [1.29, 1.82) is 0 Å². The lowest BCUT2D eigenvalue weighted by molar-refractivity contribution is -0.384. The fourth-order valence-corrected chi connectivity index (χ4v) is 3.24. The van der Waals surface area contributed by atoms with E-state index in [1.165, 1.54) is 18.2 Å². The van der Waals surface area contributed by atoms with Crippen molar-refractivity contribution < 1.29 is 34.3 Å². The number of aliphatic hydroxyl groups excluding tert-OH is 1. The molecular formula is C18H16N3O8S-. The third-order valence-corrected chi connectivity index (χ3v) is 4.60. The molecule has 0 saturated heterocycles. The number of hydrogen-bond donors (Lipinski definition) is 2. The van der Waals surface area contributed by atoms with Crippen LogP contribution in [0.25, 0.3) is 10.2 Å². The van der Waals surface area contributed by atoms with E-state index in [0.717, 1.165) is 24.5 Å². The Morgan fingerprint density at radius 1 is 1.33 bits per heavy atom. The summed E-state index contributed by atoms with van der Waals surface area (Å²) in [5, 5.41) is 35.8. The summed E-state index contributed by atoms with van der Waals surface area (Å²) >= 11 is 0.891. The zero-order valence-corrected chi connectivity index (χ0v) is 16.8. The molecule has 0 aliphatic heterocycles. The van der Waals surface area contributed by atoms with Crippen molar-refractivity contribution in [2.45, 2.75) is 13.8 Å². The number of carbonyl (C=O) groups is 3. The normalized spacial score (nSPS) is 12.5. The molecule has 0 aliphatic carbocycles. The van der Waals surface area contributed by atoms with Crippen molar-refractivity contribution in [2.24, 2.45) is 5.92 Å². The molecule has 2 aromatic rings. The Bertz CT molecular complexity index is 1100. The molecule has 1 heterocycles. The summed E-state index contributed by atoms with van der Waals surface area (Å²) in [4.78, 5) is 50.4. The second-order valence-corrected chi connectivity index (χ2v) is 7.21. The van der Waals surface area contributed by atoms with E-state index in [2.05, 4.69) is 15.0 Å². The first-order chi connectivity index (χ1) is 14.0. The number of esters is 1. The van der Waals surface area contributed by atoms with Gasteiger partial charge >= 0.3 is 5.97 Å². The van der Waals surface area contributed by atoms with E-state index in [9.17, 15) is 34.7 Å². The quantitative estimate of drug-likeness (QED) is 0.118. The van der Waals surface area contributed by atoms with Gasteiger partial charge in [0, 0.05) is 12.1 Å². The molecule has 30 heavy (non-hydrogen) atoms. The van der Waals surface area contributed by atoms with Crippen LogP contribution >= 0.6 is 11.3 Å². The van der Waals surface area contributed by atoms with Crippen molar-refractivity contribution in [1.82, 2.24) is 4.98 Å². The Kier molecular flexibility index (Phi) is 6.85. The number of nitrogens with one attached hydrogen (secondary N) is 1. The summed E-state index contributed by atoms with van der Waals surface area (Å²) in [6.07, 6.45) is 0.994. The molecule has 0 bridgehead atoms. The predicted octanol–water partition coefficient (Wildman–Crippen LogP) is 1.60. The molecule has 2 rings (SSSR count). The van der Waals surface area contributed by atoms with Gasteiger partial charge in [-0.05, 0) is 26.0 Å². The second kappa shape index (κ2) is 9.13. The van der Waals surface area contributed by atoms with Gasteiger partial charge in [0.25, 0.3) is 11.5 Å². The number of benzene rings is 1. The maximum Gasteiger partial charge on any atom is 0.375 e. The summed E-state index contributed by atoms with van der Waals surface area (Å²) in [5.41, 5.74) is 0.657. The van der Waals surface area contributed by atoms with Crippen LogP contribution in [0.15, 0.2) is 41.5 Å². The highest BCUT2D eigenvalue weighted by molar-refractivity contribution is 7.22. The summed E-state index contributed by atoms with van der Waals surface area (Å²) in [6.45, 7) is 3.09. The number of Topliss-reactive ketones (excluding diaryl/α,β-unsaturated/α-hetero) is 1. The monoisotopic (exact) mass is 434 g/mol. The van der Waals surface area contributed by atoms with Gasteiger partial charge in [0.1, 0.15) is 5.92 Å². The van der Waals surface area contributed by atoms with E-state index < -0.39 is 40.0 Å². The second-order valence-electron chi connectivity index (χ2n) is 6.18. The maximum absolute atomic E-state index is 12.6. The molecule has 0 aliphatic rings. The number of methoxy groups -OCH3 is 1. The fourth-order valence-electron chi connectivity index (χ4n) is 2.34. The van der Waals surface area contributed by atoms with Crippen molar-refractivity contribution in [3.05, 3.63) is 51.6 Å². The molecule has 12 heteroatoms. The first-order valence-electron chi connectivity index (χ1n) is 8.28. The summed E-state index contributed by atoms with van der Waals surface area (Å²) in [5.74, 6) is -8.42. The lowest BCUT2D eigenvalue weighted by atomic mass is 9.95. The van der Waals surface area contributed by atoms with Crippen LogP contribution in [0.2, 0.25) is 0 Å². The van der Waals surface area contributed by atoms with Crippen molar-refractivity contribution in [3.63, 3.8) is 0 Å². The SMILES string of the molecule is COC(=O)C(=O)C(C(=O)C=C(C)C)C([O-])=C(O)Nc1nc2ccc([N+](=O)[O-])cc2s1. The number of carbonyl (C=O) groups excluding carboxylic acids is 3. The van der Waals surface area contributed by atoms with Crippen LogP contribution in [0.4, 0.5) is 10.8 Å². The number of rotatable bonds is 8. The average molecular weight is 434 g/mol. The number of hydrogen-bond acceptors (Lipinski definition) is 11. The molecule has 0 radical (unpaired) electrons. The van der Waals surface area contributed by atoms with Crippen molar-refractivity contribution in [3.8, 4) is 0 Å². The van der Waals surface area contributed by atoms with Gasteiger partial charge in [-0.15, -0.1) is 0 Å². The fraction of sp³-hybridized carbons (Fsp3) is 0.222. The third kappa shape index (κ3) is 4.97. The number of aromatic nitrogens is 1. The summed E-state index contributed by atoms with van der Waals surface area (Å²) in [7, 11) is 0.912. The van der Waals surface area contributed by atoms with Crippen molar-refractivity contribution >= 4 is 49.9 Å². The van der Waals surface area contributed by atoms with E-state index in [4.69, 9.17) is 0 Å². The molecule has 0 spiro atoms. The smallest absolute Gasteiger partial charge is 0.375 e.